The molecule has 12 heavy (non-hydrogen) atoms. The Balaban J connectivity index is 3.12. The number of methoxy groups -OCH3 is 1. The van der Waals surface area contributed by atoms with Gasteiger partial charge in [-0.15, -0.1) is 11.3 Å². The third kappa shape index (κ3) is 1.73. The first kappa shape index (κ1) is 9.41. The highest BCUT2D eigenvalue weighted by molar-refractivity contribution is 9.11. The van der Waals surface area contributed by atoms with Crippen molar-refractivity contribution in [2.45, 2.75) is 0 Å². The van der Waals surface area contributed by atoms with E-state index in [4.69, 9.17) is 0 Å². The number of thiophene rings is 1. The standard InChI is InChI=1S/C7H5BrO3S/c1-11-7(10)6-4(3-9)2-5(8)12-6/h2-3H,1H3. The van der Waals surface area contributed by atoms with Crippen LogP contribution < -0.4 is 0 Å². The molecule has 0 fully saturated rings. The van der Waals surface area contributed by atoms with Gasteiger partial charge in [0.05, 0.1) is 10.9 Å². The van der Waals surface area contributed by atoms with E-state index in [1.165, 1.54) is 18.4 Å². The van der Waals surface area contributed by atoms with Crippen LogP contribution in [0.2, 0.25) is 0 Å². The number of esters is 1. The van der Waals surface area contributed by atoms with Gasteiger partial charge in [0, 0.05) is 5.56 Å². The summed E-state index contributed by atoms with van der Waals surface area (Å²) in [6, 6.07) is 1.59. The Morgan fingerprint density at radius 3 is 2.92 bits per heavy atom. The molecule has 5 heteroatoms. The molecule has 0 saturated heterocycles. The van der Waals surface area contributed by atoms with Crippen molar-refractivity contribution in [1.82, 2.24) is 0 Å². The zero-order valence-corrected chi connectivity index (χ0v) is 8.57. The van der Waals surface area contributed by atoms with E-state index in [0.717, 1.165) is 3.79 Å². The van der Waals surface area contributed by atoms with E-state index < -0.39 is 5.97 Å². The van der Waals surface area contributed by atoms with Crippen molar-refractivity contribution >= 4 is 39.5 Å². The Bertz CT molecular complexity index is 318. The highest BCUT2D eigenvalue weighted by Crippen LogP contribution is 2.26. The second-order valence-corrected chi connectivity index (χ2v) is 4.38. The molecule has 0 aromatic carbocycles. The highest BCUT2D eigenvalue weighted by Gasteiger charge is 2.14. The van der Waals surface area contributed by atoms with Gasteiger partial charge in [0.2, 0.25) is 0 Å². The maximum atomic E-state index is 11.0. The molecule has 0 aliphatic heterocycles. The fraction of sp³-hybridized carbons (Fsp3) is 0.143. The van der Waals surface area contributed by atoms with Gasteiger partial charge < -0.3 is 4.74 Å². The number of carbonyl (C=O) groups is 2. The van der Waals surface area contributed by atoms with Gasteiger partial charge in [-0.1, -0.05) is 0 Å². The average molecular weight is 249 g/mol. The summed E-state index contributed by atoms with van der Waals surface area (Å²) in [5.74, 6) is -0.479. The number of hydrogen-bond donors (Lipinski definition) is 0. The first-order valence-corrected chi connectivity index (χ1v) is 4.62. The number of hydrogen-bond acceptors (Lipinski definition) is 4. The van der Waals surface area contributed by atoms with Gasteiger partial charge in [-0.3, -0.25) is 4.79 Å². The number of aldehydes is 1. The molecule has 3 nitrogen and oxygen atoms in total. The van der Waals surface area contributed by atoms with Gasteiger partial charge in [0.1, 0.15) is 4.88 Å². The van der Waals surface area contributed by atoms with Crippen LogP contribution in [-0.2, 0) is 4.74 Å². The Labute approximate surface area is 81.5 Å². The molecule has 1 heterocycles. The summed E-state index contributed by atoms with van der Waals surface area (Å²) < 4.78 is 5.22. The monoisotopic (exact) mass is 248 g/mol. The molecular formula is C7H5BrO3S. The number of carbonyl (C=O) groups excluding carboxylic acids is 2. The molecule has 0 unspecified atom stereocenters. The topological polar surface area (TPSA) is 43.4 Å². The Morgan fingerprint density at radius 1 is 1.75 bits per heavy atom. The van der Waals surface area contributed by atoms with Crippen molar-refractivity contribution in [3.05, 3.63) is 20.3 Å². The van der Waals surface area contributed by atoms with Crippen molar-refractivity contribution in [1.29, 1.82) is 0 Å². The van der Waals surface area contributed by atoms with Crippen molar-refractivity contribution in [2.75, 3.05) is 7.11 Å². The third-order valence-corrected chi connectivity index (χ3v) is 2.86. The molecule has 0 saturated carbocycles. The van der Waals surface area contributed by atoms with E-state index >= 15 is 0 Å². The zero-order chi connectivity index (χ0) is 9.14. The minimum atomic E-state index is -0.479. The lowest BCUT2D eigenvalue weighted by Crippen LogP contribution is -2.00. The predicted octanol–water partition coefficient (Wildman–Crippen LogP) is 2.11. The molecule has 0 atom stereocenters. The lowest BCUT2D eigenvalue weighted by Gasteiger charge is -1.93. The summed E-state index contributed by atoms with van der Waals surface area (Å²) in [6.45, 7) is 0. The summed E-state index contributed by atoms with van der Waals surface area (Å²) in [5, 5.41) is 0. The van der Waals surface area contributed by atoms with Crippen LogP contribution >= 0.6 is 27.3 Å². The van der Waals surface area contributed by atoms with Gasteiger partial charge in [0.15, 0.2) is 6.29 Å². The van der Waals surface area contributed by atoms with Crippen molar-refractivity contribution in [2.24, 2.45) is 0 Å². The second-order valence-electron chi connectivity index (χ2n) is 1.94. The van der Waals surface area contributed by atoms with Gasteiger partial charge in [-0.25, -0.2) is 4.79 Å². The summed E-state index contributed by atoms with van der Waals surface area (Å²) >= 11 is 4.36. The van der Waals surface area contributed by atoms with E-state index in [9.17, 15) is 9.59 Å². The first-order valence-electron chi connectivity index (χ1n) is 3.02. The number of rotatable bonds is 2. The predicted molar refractivity (Wildman–Crippen MR) is 48.7 cm³/mol. The molecule has 0 aliphatic carbocycles. The molecule has 1 aromatic rings. The van der Waals surface area contributed by atoms with Crippen LogP contribution in [0.5, 0.6) is 0 Å². The van der Waals surface area contributed by atoms with Crippen LogP contribution in [-0.4, -0.2) is 19.4 Å². The molecule has 1 aromatic heterocycles. The molecule has 0 amide bonds. The van der Waals surface area contributed by atoms with Gasteiger partial charge in [-0.2, -0.15) is 0 Å². The average Bonchev–Trinajstić information content (AvgIpc) is 2.45. The molecule has 0 spiro atoms. The van der Waals surface area contributed by atoms with E-state index in [-0.39, 0.29) is 0 Å². The van der Waals surface area contributed by atoms with Gasteiger partial charge >= 0.3 is 5.97 Å². The van der Waals surface area contributed by atoms with E-state index in [2.05, 4.69) is 20.7 Å². The highest BCUT2D eigenvalue weighted by atomic mass is 79.9. The third-order valence-electron chi connectivity index (χ3n) is 1.23. The zero-order valence-electron chi connectivity index (χ0n) is 6.17. The maximum absolute atomic E-state index is 11.0. The van der Waals surface area contributed by atoms with Crippen molar-refractivity contribution < 1.29 is 14.3 Å². The SMILES string of the molecule is COC(=O)c1sc(Br)cc1C=O. The van der Waals surface area contributed by atoms with E-state index in [0.29, 0.717) is 16.7 Å². The van der Waals surface area contributed by atoms with Crippen LogP contribution in [0, 0.1) is 0 Å². The first-order chi connectivity index (χ1) is 5.69. The summed E-state index contributed by atoms with van der Waals surface area (Å²) in [5.41, 5.74) is 0.360. The van der Waals surface area contributed by atoms with Gasteiger partial charge in [0.25, 0.3) is 0 Å². The quantitative estimate of drug-likeness (QED) is 0.595. The number of halogens is 1. The van der Waals surface area contributed by atoms with Crippen LogP contribution in [0.4, 0.5) is 0 Å². The fourth-order valence-corrected chi connectivity index (χ4v) is 2.22. The minimum Gasteiger partial charge on any atom is -0.465 e. The number of ether oxygens (including phenoxy) is 1. The van der Waals surface area contributed by atoms with Crippen LogP contribution in [0.1, 0.15) is 20.0 Å². The molecule has 1 rings (SSSR count). The van der Waals surface area contributed by atoms with Crippen LogP contribution in [0.15, 0.2) is 9.85 Å². The van der Waals surface area contributed by atoms with Crippen LogP contribution in [0.25, 0.3) is 0 Å². The summed E-state index contributed by atoms with van der Waals surface area (Å²) in [6.07, 6.45) is 0.632. The van der Waals surface area contributed by atoms with Crippen molar-refractivity contribution in [3.63, 3.8) is 0 Å². The lowest BCUT2D eigenvalue weighted by molar-refractivity contribution is 0.0604. The Hall–Kier alpha value is -0.680. The smallest absolute Gasteiger partial charge is 0.348 e. The molecule has 0 bridgehead atoms. The van der Waals surface area contributed by atoms with E-state index in [1.54, 1.807) is 6.07 Å². The van der Waals surface area contributed by atoms with E-state index in [1.807, 2.05) is 0 Å². The Kier molecular flexibility index (Phi) is 2.99. The van der Waals surface area contributed by atoms with Gasteiger partial charge in [-0.05, 0) is 22.0 Å². The summed E-state index contributed by atoms with van der Waals surface area (Å²) in [4.78, 5) is 21.8. The second kappa shape index (κ2) is 3.82. The molecule has 0 N–H and O–H groups in total. The molecule has 64 valence electrons. The van der Waals surface area contributed by atoms with Crippen LogP contribution in [0.3, 0.4) is 0 Å². The fourth-order valence-electron chi connectivity index (χ4n) is 0.713. The molecule has 0 radical (unpaired) electrons. The largest absolute Gasteiger partial charge is 0.465 e. The molecular weight excluding hydrogens is 244 g/mol. The summed E-state index contributed by atoms with van der Waals surface area (Å²) in [7, 11) is 1.28. The van der Waals surface area contributed by atoms with Crippen molar-refractivity contribution in [3.8, 4) is 0 Å². The minimum absolute atomic E-state index is 0.333. The molecule has 0 aliphatic rings. The Morgan fingerprint density at radius 2 is 2.42 bits per heavy atom. The maximum Gasteiger partial charge on any atom is 0.348 e. The lowest BCUT2D eigenvalue weighted by atomic mass is 10.3. The normalized spacial score (nSPS) is 9.50.